The zero-order valence-electron chi connectivity index (χ0n) is 15.5. The predicted molar refractivity (Wildman–Crippen MR) is 98.0 cm³/mol. The summed E-state index contributed by atoms with van der Waals surface area (Å²) < 4.78 is 0. The molecule has 1 aliphatic rings. The standard InChI is InChI=1S/C20H30N2O3/c1-15(2)18(21-17(23)13-16-9-5-4-6-10-16)19(24)22(3)14-20(25)11-7-8-12-20/h4-6,9-10,15,18,25H,7-8,11-14H2,1-3H3,(H,21,23). The van der Waals surface area contributed by atoms with Crippen LogP contribution in [0.15, 0.2) is 30.3 Å². The van der Waals surface area contributed by atoms with Crippen LogP contribution in [0.2, 0.25) is 0 Å². The molecule has 25 heavy (non-hydrogen) atoms. The summed E-state index contributed by atoms with van der Waals surface area (Å²) in [6.45, 7) is 4.16. The van der Waals surface area contributed by atoms with E-state index in [0.717, 1.165) is 31.2 Å². The van der Waals surface area contributed by atoms with Crippen molar-refractivity contribution in [2.75, 3.05) is 13.6 Å². The zero-order valence-corrected chi connectivity index (χ0v) is 15.5. The van der Waals surface area contributed by atoms with Gasteiger partial charge in [-0.2, -0.15) is 0 Å². The van der Waals surface area contributed by atoms with Crippen LogP contribution in [0.3, 0.4) is 0 Å². The van der Waals surface area contributed by atoms with Crippen LogP contribution >= 0.6 is 0 Å². The second-order valence-corrected chi connectivity index (χ2v) is 7.58. The van der Waals surface area contributed by atoms with Gasteiger partial charge in [-0.25, -0.2) is 0 Å². The lowest BCUT2D eigenvalue weighted by atomic mass is 9.99. The van der Waals surface area contributed by atoms with Crippen molar-refractivity contribution < 1.29 is 14.7 Å². The first kappa shape index (κ1) is 19.4. The number of rotatable bonds is 7. The number of likely N-dealkylation sites (N-methyl/N-ethyl adjacent to an activating group) is 1. The minimum absolute atomic E-state index is 0.0205. The van der Waals surface area contributed by atoms with Gasteiger partial charge in [-0.3, -0.25) is 9.59 Å². The molecule has 1 aromatic rings. The van der Waals surface area contributed by atoms with Crippen molar-refractivity contribution in [3.8, 4) is 0 Å². The highest BCUT2D eigenvalue weighted by atomic mass is 16.3. The Morgan fingerprint density at radius 3 is 2.36 bits per heavy atom. The van der Waals surface area contributed by atoms with Gasteiger partial charge in [0.05, 0.1) is 12.0 Å². The molecule has 1 atom stereocenters. The smallest absolute Gasteiger partial charge is 0.245 e. The van der Waals surface area contributed by atoms with E-state index in [0.29, 0.717) is 6.54 Å². The maximum absolute atomic E-state index is 12.8. The predicted octanol–water partition coefficient (Wildman–Crippen LogP) is 2.13. The number of nitrogens with zero attached hydrogens (tertiary/aromatic N) is 1. The summed E-state index contributed by atoms with van der Waals surface area (Å²) in [4.78, 5) is 26.7. The summed E-state index contributed by atoms with van der Waals surface area (Å²) in [5, 5.41) is 13.4. The summed E-state index contributed by atoms with van der Waals surface area (Å²) in [7, 11) is 1.71. The molecule has 0 spiro atoms. The van der Waals surface area contributed by atoms with Gasteiger partial charge in [-0.1, -0.05) is 57.0 Å². The Labute approximate surface area is 150 Å². The Bertz CT molecular complexity index is 580. The number of carbonyl (C=O) groups is 2. The quantitative estimate of drug-likeness (QED) is 0.795. The lowest BCUT2D eigenvalue weighted by molar-refractivity contribution is -0.139. The number of aliphatic hydroxyl groups is 1. The van der Waals surface area contributed by atoms with Crippen LogP contribution in [0, 0.1) is 5.92 Å². The average Bonchev–Trinajstić information content (AvgIpc) is 2.98. The maximum atomic E-state index is 12.8. The van der Waals surface area contributed by atoms with Crippen LogP contribution in [-0.4, -0.2) is 47.1 Å². The molecular formula is C20H30N2O3. The van der Waals surface area contributed by atoms with Gasteiger partial charge in [0.1, 0.15) is 6.04 Å². The molecule has 5 heteroatoms. The summed E-state index contributed by atoms with van der Waals surface area (Å²) >= 11 is 0. The number of nitrogens with one attached hydrogen (secondary N) is 1. The van der Waals surface area contributed by atoms with Crippen molar-refractivity contribution in [3.05, 3.63) is 35.9 Å². The van der Waals surface area contributed by atoms with Crippen molar-refractivity contribution >= 4 is 11.8 Å². The Kier molecular flexibility index (Phi) is 6.59. The van der Waals surface area contributed by atoms with Gasteiger partial charge in [0.15, 0.2) is 0 Å². The molecular weight excluding hydrogens is 316 g/mol. The minimum Gasteiger partial charge on any atom is -0.388 e. The Balaban J connectivity index is 1.96. The third kappa shape index (κ3) is 5.56. The fourth-order valence-electron chi connectivity index (χ4n) is 3.47. The van der Waals surface area contributed by atoms with Gasteiger partial charge in [-0.15, -0.1) is 0 Å². The normalized spacial score (nSPS) is 17.3. The molecule has 2 amide bonds. The fourth-order valence-corrected chi connectivity index (χ4v) is 3.47. The van der Waals surface area contributed by atoms with Crippen LogP contribution in [-0.2, 0) is 16.0 Å². The SMILES string of the molecule is CC(C)C(NC(=O)Cc1ccccc1)C(=O)N(C)CC1(O)CCCC1. The van der Waals surface area contributed by atoms with E-state index in [-0.39, 0.29) is 24.2 Å². The first-order valence-electron chi connectivity index (χ1n) is 9.11. The molecule has 0 aromatic heterocycles. The molecule has 5 nitrogen and oxygen atoms in total. The molecule has 1 aliphatic carbocycles. The topological polar surface area (TPSA) is 69.6 Å². The second-order valence-electron chi connectivity index (χ2n) is 7.58. The maximum Gasteiger partial charge on any atom is 0.245 e. The molecule has 0 saturated heterocycles. The van der Waals surface area contributed by atoms with Gasteiger partial charge in [0.2, 0.25) is 11.8 Å². The van der Waals surface area contributed by atoms with Crippen molar-refractivity contribution in [1.82, 2.24) is 10.2 Å². The summed E-state index contributed by atoms with van der Waals surface area (Å²) in [5.41, 5.74) is 0.142. The van der Waals surface area contributed by atoms with Gasteiger partial charge in [0.25, 0.3) is 0 Å². The van der Waals surface area contributed by atoms with Gasteiger partial charge in [-0.05, 0) is 24.3 Å². The summed E-state index contributed by atoms with van der Waals surface area (Å²) in [6.07, 6.45) is 3.72. The molecule has 2 rings (SSSR count). The molecule has 1 saturated carbocycles. The number of hydrogen-bond donors (Lipinski definition) is 2. The van der Waals surface area contributed by atoms with E-state index < -0.39 is 11.6 Å². The van der Waals surface area contributed by atoms with E-state index in [2.05, 4.69) is 5.32 Å². The molecule has 2 N–H and O–H groups in total. The molecule has 1 aromatic carbocycles. The van der Waals surface area contributed by atoms with Crippen molar-refractivity contribution in [3.63, 3.8) is 0 Å². The minimum atomic E-state index is -0.778. The Morgan fingerprint density at radius 2 is 1.80 bits per heavy atom. The van der Waals surface area contributed by atoms with Gasteiger partial charge < -0.3 is 15.3 Å². The highest BCUT2D eigenvalue weighted by Crippen LogP contribution is 2.30. The van der Waals surface area contributed by atoms with Crippen LogP contribution in [0.4, 0.5) is 0 Å². The van der Waals surface area contributed by atoms with Crippen molar-refractivity contribution in [2.45, 2.75) is 57.6 Å². The molecule has 0 radical (unpaired) electrons. The number of benzene rings is 1. The summed E-state index contributed by atoms with van der Waals surface area (Å²) in [5.74, 6) is -0.323. The van der Waals surface area contributed by atoms with Gasteiger partial charge >= 0.3 is 0 Å². The first-order chi connectivity index (χ1) is 11.8. The zero-order chi connectivity index (χ0) is 18.4. The molecule has 0 aliphatic heterocycles. The number of amides is 2. The van der Waals surface area contributed by atoms with E-state index in [1.165, 1.54) is 0 Å². The third-order valence-corrected chi connectivity index (χ3v) is 4.90. The lowest BCUT2D eigenvalue weighted by Crippen LogP contribution is -2.53. The molecule has 0 heterocycles. The number of carbonyl (C=O) groups excluding carboxylic acids is 2. The van der Waals surface area contributed by atoms with Crippen LogP contribution in [0.25, 0.3) is 0 Å². The Hall–Kier alpha value is -1.88. The third-order valence-electron chi connectivity index (χ3n) is 4.90. The van der Waals surface area contributed by atoms with Gasteiger partial charge in [0, 0.05) is 13.6 Å². The van der Waals surface area contributed by atoms with Crippen LogP contribution in [0.1, 0.15) is 45.1 Å². The van der Waals surface area contributed by atoms with E-state index in [1.54, 1.807) is 11.9 Å². The Morgan fingerprint density at radius 1 is 1.20 bits per heavy atom. The number of hydrogen-bond acceptors (Lipinski definition) is 3. The van der Waals surface area contributed by atoms with Crippen LogP contribution in [0.5, 0.6) is 0 Å². The summed E-state index contributed by atoms with van der Waals surface area (Å²) in [6, 6.07) is 8.91. The lowest BCUT2D eigenvalue weighted by Gasteiger charge is -2.32. The van der Waals surface area contributed by atoms with Crippen molar-refractivity contribution in [2.24, 2.45) is 5.92 Å². The molecule has 1 fully saturated rings. The van der Waals surface area contributed by atoms with E-state index in [9.17, 15) is 14.7 Å². The molecule has 138 valence electrons. The van der Waals surface area contributed by atoms with E-state index in [4.69, 9.17) is 0 Å². The molecule has 1 unspecified atom stereocenters. The highest BCUT2D eigenvalue weighted by Gasteiger charge is 2.35. The highest BCUT2D eigenvalue weighted by molar-refractivity contribution is 5.88. The van der Waals surface area contributed by atoms with E-state index >= 15 is 0 Å². The average molecular weight is 346 g/mol. The molecule has 0 bridgehead atoms. The fraction of sp³-hybridized carbons (Fsp3) is 0.600. The first-order valence-corrected chi connectivity index (χ1v) is 9.11. The van der Waals surface area contributed by atoms with Crippen molar-refractivity contribution in [1.29, 1.82) is 0 Å². The van der Waals surface area contributed by atoms with Crippen LogP contribution < -0.4 is 5.32 Å². The monoisotopic (exact) mass is 346 g/mol. The second kappa shape index (κ2) is 8.48. The van der Waals surface area contributed by atoms with E-state index in [1.807, 2.05) is 44.2 Å². The largest absolute Gasteiger partial charge is 0.388 e.